The summed E-state index contributed by atoms with van der Waals surface area (Å²) in [4.78, 5) is 11.2. The summed E-state index contributed by atoms with van der Waals surface area (Å²) < 4.78 is 6.62. The second kappa shape index (κ2) is 9.02. The Labute approximate surface area is 138 Å². The number of carbonyl (C=O) groups is 1. The monoisotopic (exact) mass is 324 g/mol. The van der Waals surface area contributed by atoms with Crippen LogP contribution in [0.3, 0.4) is 0 Å². The molecule has 0 unspecified atom stereocenters. The molecule has 0 fully saturated rings. The Hall–Kier alpha value is -0.413. The molecular formula is C19H36O2Si. The van der Waals surface area contributed by atoms with E-state index < -0.39 is 8.32 Å². The van der Waals surface area contributed by atoms with Gasteiger partial charge in [-0.3, -0.25) is 0 Å². The largest absolute Gasteiger partial charge is 0.417 e. The van der Waals surface area contributed by atoms with E-state index in [4.69, 9.17) is 4.43 Å². The van der Waals surface area contributed by atoms with Crippen molar-refractivity contribution in [2.75, 3.05) is 6.61 Å². The Kier molecular flexibility index (Phi) is 8.05. The maximum absolute atomic E-state index is 11.2. The average Bonchev–Trinajstić information content (AvgIpc) is 2.51. The standard InChI is InChI=1S/C19H36O2Si/c1-7-22(8-2,9-3)21-14-19-17(15(4)5)11-10-16(6)18(19)12-13-20/h10,13,15,17-19H,7-9,11-12,14H2,1-6H3/t17-,18+,19-/m1/s1. The fourth-order valence-corrected chi connectivity index (χ4v) is 6.74. The van der Waals surface area contributed by atoms with Crippen LogP contribution in [0.2, 0.25) is 18.1 Å². The lowest BCUT2D eigenvalue weighted by atomic mass is 9.68. The summed E-state index contributed by atoms with van der Waals surface area (Å²) in [6, 6.07) is 3.60. The van der Waals surface area contributed by atoms with Crippen LogP contribution in [-0.4, -0.2) is 21.2 Å². The van der Waals surface area contributed by atoms with Crippen molar-refractivity contribution in [3.63, 3.8) is 0 Å². The zero-order chi connectivity index (χ0) is 16.8. The molecule has 0 radical (unpaired) electrons. The van der Waals surface area contributed by atoms with Gasteiger partial charge in [0.15, 0.2) is 8.32 Å². The first-order chi connectivity index (χ1) is 10.4. The van der Waals surface area contributed by atoms with Crippen molar-refractivity contribution in [1.29, 1.82) is 0 Å². The molecule has 0 aromatic carbocycles. The Morgan fingerprint density at radius 1 is 1.27 bits per heavy atom. The Balaban J connectivity index is 2.92. The van der Waals surface area contributed by atoms with E-state index in [2.05, 4.69) is 47.6 Å². The third-order valence-electron chi connectivity index (χ3n) is 6.09. The van der Waals surface area contributed by atoms with Crippen LogP contribution < -0.4 is 0 Å². The van der Waals surface area contributed by atoms with Crippen molar-refractivity contribution in [2.24, 2.45) is 23.7 Å². The third-order valence-corrected chi connectivity index (χ3v) is 10.7. The minimum absolute atomic E-state index is 0.385. The van der Waals surface area contributed by atoms with E-state index in [9.17, 15) is 4.79 Å². The van der Waals surface area contributed by atoms with Crippen molar-refractivity contribution in [2.45, 2.75) is 72.5 Å². The van der Waals surface area contributed by atoms with Crippen LogP contribution in [0.25, 0.3) is 0 Å². The molecule has 0 aromatic rings. The van der Waals surface area contributed by atoms with Crippen LogP contribution in [0.4, 0.5) is 0 Å². The lowest BCUT2D eigenvalue weighted by Gasteiger charge is -2.41. The summed E-state index contributed by atoms with van der Waals surface area (Å²) in [7, 11) is -1.55. The number of hydrogen-bond donors (Lipinski definition) is 0. The van der Waals surface area contributed by atoms with Gasteiger partial charge in [-0.1, -0.05) is 46.3 Å². The zero-order valence-electron chi connectivity index (χ0n) is 15.5. The van der Waals surface area contributed by atoms with E-state index in [0.717, 1.165) is 19.3 Å². The van der Waals surface area contributed by atoms with Crippen molar-refractivity contribution >= 4 is 14.6 Å². The highest BCUT2D eigenvalue weighted by Gasteiger charge is 2.37. The number of aldehydes is 1. The highest BCUT2D eigenvalue weighted by Crippen LogP contribution is 2.41. The molecule has 22 heavy (non-hydrogen) atoms. The Bertz CT molecular complexity index is 363. The molecule has 1 rings (SSSR count). The number of carbonyl (C=O) groups excluding carboxylic acids is 1. The summed E-state index contributed by atoms with van der Waals surface area (Å²) in [5.74, 6) is 2.18. The third kappa shape index (κ3) is 4.54. The predicted molar refractivity (Wildman–Crippen MR) is 97.5 cm³/mol. The Morgan fingerprint density at radius 3 is 2.32 bits per heavy atom. The van der Waals surface area contributed by atoms with Gasteiger partial charge < -0.3 is 9.22 Å². The van der Waals surface area contributed by atoms with Crippen LogP contribution in [0.5, 0.6) is 0 Å². The molecule has 0 spiro atoms. The van der Waals surface area contributed by atoms with Gasteiger partial charge >= 0.3 is 0 Å². The Morgan fingerprint density at radius 2 is 1.86 bits per heavy atom. The molecule has 0 N–H and O–H groups in total. The van der Waals surface area contributed by atoms with Crippen LogP contribution in [0.15, 0.2) is 11.6 Å². The summed E-state index contributed by atoms with van der Waals surface area (Å²) in [6.45, 7) is 14.5. The first kappa shape index (κ1) is 19.6. The molecule has 3 heteroatoms. The van der Waals surface area contributed by atoms with Crippen LogP contribution >= 0.6 is 0 Å². The zero-order valence-corrected chi connectivity index (χ0v) is 16.5. The molecule has 0 heterocycles. The molecule has 0 saturated heterocycles. The van der Waals surface area contributed by atoms with E-state index in [-0.39, 0.29) is 0 Å². The minimum Gasteiger partial charge on any atom is -0.417 e. The average molecular weight is 325 g/mol. The summed E-state index contributed by atoms with van der Waals surface area (Å²) in [6.07, 6.45) is 5.26. The van der Waals surface area contributed by atoms with Gasteiger partial charge in [-0.15, -0.1) is 0 Å². The van der Waals surface area contributed by atoms with Gasteiger partial charge in [-0.25, -0.2) is 0 Å². The predicted octanol–water partition coefficient (Wildman–Crippen LogP) is 5.45. The van der Waals surface area contributed by atoms with Crippen LogP contribution in [0.1, 0.15) is 54.4 Å². The van der Waals surface area contributed by atoms with Crippen LogP contribution in [0, 0.1) is 23.7 Å². The van der Waals surface area contributed by atoms with Gasteiger partial charge in [-0.2, -0.15) is 0 Å². The van der Waals surface area contributed by atoms with Crippen molar-refractivity contribution in [3.05, 3.63) is 11.6 Å². The second-order valence-electron chi connectivity index (χ2n) is 7.32. The molecule has 1 aliphatic rings. The van der Waals surface area contributed by atoms with E-state index in [1.807, 2.05) is 0 Å². The van der Waals surface area contributed by atoms with Gasteiger partial charge in [0.05, 0.1) is 0 Å². The molecule has 2 nitrogen and oxygen atoms in total. The SMILES string of the molecule is CC[Si](CC)(CC)OC[C@@H]1[C@@H](C(C)C)CC=C(C)[C@@H]1CC=O. The highest BCUT2D eigenvalue weighted by molar-refractivity contribution is 6.73. The van der Waals surface area contributed by atoms with E-state index in [0.29, 0.717) is 30.1 Å². The fourth-order valence-electron chi connectivity index (χ4n) is 4.08. The molecule has 0 bridgehead atoms. The van der Waals surface area contributed by atoms with Gasteiger partial charge in [0.25, 0.3) is 0 Å². The molecular weight excluding hydrogens is 288 g/mol. The quantitative estimate of drug-likeness (QED) is 0.320. The first-order valence-electron chi connectivity index (χ1n) is 9.18. The van der Waals surface area contributed by atoms with Gasteiger partial charge in [0.1, 0.15) is 6.29 Å². The smallest absolute Gasteiger partial charge is 0.191 e. The van der Waals surface area contributed by atoms with Crippen molar-refractivity contribution in [1.82, 2.24) is 0 Å². The first-order valence-corrected chi connectivity index (χ1v) is 11.7. The molecule has 128 valence electrons. The summed E-state index contributed by atoms with van der Waals surface area (Å²) >= 11 is 0. The molecule has 3 atom stereocenters. The van der Waals surface area contributed by atoms with Crippen LogP contribution in [-0.2, 0) is 9.22 Å². The maximum atomic E-state index is 11.2. The normalized spacial score (nSPS) is 26.1. The van der Waals surface area contributed by atoms with E-state index in [1.54, 1.807) is 0 Å². The minimum atomic E-state index is -1.55. The highest BCUT2D eigenvalue weighted by atomic mass is 28.4. The van der Waals surface area contributed by atoms with E-state index in [1.165, 1.54) is 23.7 Å². The molecule has 0 amide bonds. The fraction of sp³-hybridized carbons (Fsp3) is 0.842. The number of hydrogen-bond acceptors (Lipinski definition) is 2. The summed E-state index contributed by atoms with van der Waals surface area (Å²) in [5, 5.41) is 0. The van der Waals surface area contributed by atoms with E-state index >= 15 is 0 Å². The maximum Gasteiger partial charge on any atom is 0.191 e. The molecule has 0 aliphatic heterocycles. The molecule has 0 aromatic heterocycles. The lowest BCUT2D eigenvalue weighted by Crippen LogP contribution is -2.42. The van der Waals surface area contributed by atoms with Crippen molar-refractivity contribution < 1.29 is 9.22 Å². The molecule has 0 saturated carbocycles. The number of rotatable bonds is 9. The molecule has 1 aliphatic carbocycles. The summed E-state index contributed by atoms with van der Waals surface area (Å²) in [5.41, 5.74) is 1.40. The van der Waals surface area contributed by atoms with Crippen molar-refractivity contribution in [3.8, 4) is 0 Å². The number of allylic oxidation sites excluding steroid dienone is 2. The topological polar surface area (TPSA) is 26.3 Å². The second-order valence-corrected chi connectivity index (χ2v) is 12.1. The van der Waals surface area contributed by atoms with Gasteiger partial charge in [-0.05, 0) is 55.1 Å². The lowest BCUT2D eigenvalue weighted by molar-refractivity contribution is -0.109. The van der Waals surface area contributed by atoms with Gasteiger partial charge in [0, 0.05) is 13.0 Å². The van der Waals surface area contributed by atoms with Gasteiger partial charge in [0.2, 0.25) is 0 Å².